The fraction of sp³-hybridized carbons (Fsp3) is 0.419. The molecule has 2 atom stereocenters. The van der Waals surface area contributed by atoms with Gasteiger partial charge >= 0.3 is 11.9 Å². The van der Waals surface area contributed by atoms with Crippen molar-refractivity contribution < 1.29 is 18.0 Å². The van der Waals surface area contributed by atoms with E-state index in [9.17, 15) is 27.6 Å². The molecule has 2 saturated heterocycles. The van der Waals surface area contributed by atoms with Gasteiger partial charge in [0, 0.05) is 38.8 Å². The Bertz CT molecular complexity index is 1870. The Kier molecular flexibility index (Phi) is 6.87. The zero-order chi connectivity index (χ0) is 30.7. The van der Waals surface area contributed by atoms with Gasteiger partial charge in [-0.15, -0.1) is 0 Å². The fourth-order valence-electron chi connectivity index (χ4n) is 7.07. The quantitative estimate of drug-likeness (QED) is 0.348. The average Bonchev–Trinajstić information content (AvgIpc) is 3.77. The second kappa shape index (κ2) is 10.7. The van der Waals surface area contributed by atoms with Crippen molar-refractivity contribution >= 4 is 23.0 Å². The van der Waals surface area contributed by atoms with Gasteiger partial charge in [-0.3, -0.25) is 18.7 Å². The number of carbonyl (C=O) groups is 1. The summed E-state index contributed by atoms with van der Waals surface area (Å²) in [6.07, 6.45) is -2.31. The Morgan fingerprint density at radius 3 is 2.52 bits per heavy atom. The second-order valence-corrected chi connectivity index (χ2v) is 12.0. The standard InChI is InChI=1S/C31H32F3N7O3/c1-38-27-26(28(43)41(30(38)44)17-25(42)36-23-12-19-6-2-3-7-20(19)13-23)40(16-18-5-4-8-22(11-18)31(32,33)34)29(37-27)39-10-9-21-14-35-15-24(21)39/h2-8,11,21,23-24,35H,9-10,12-17H2,1H3,(H,36,42). The summed E-state index contributed by atoms with van der Waals surface area (Å²) in [6.45, 7) is 1.66. The van der Waals surface area contributed by atoms with Crippen molar-refractivity contribution in [3.8, 4) is 0 Å². The summed E-state index contributed by atoms with van der Waals surface area (Å²) in [5, 5.41) is 6.34. The summed E-state index contributed by atoms with van der Waals surface area (Å²) in [5.74, 6) is 0.333. The molecule has 2 aliphatic heterocycles. The summed E-state index contributed by atoms with van der Waals surface area (Å²) >= 11 is 0. The largest absolute Gasteiger partial charge is 0.416 e. The van der Waals surface area contributed by atoms with Crippen LogP contribution in [-0.4, -0.2) is 56.3 Å². The number of hydrogen-bond donors (Lipinski definition) is 2. The first-order chi connectivity index (χ1) is 21.1. The van der Waals surface area contributed by atoms with Crippen LogP contribution in [0, 0.1) is 5.92 Å². The van der Waals surface area contributed by atoms with E-state index in [1.807, 2.05) is 24.3 Å². The van der Waals surface area contributed by atoms with Crippen molar-refractivity contribution in [2.75, 3.05) is 24.5 Å². The van der Waals surface area contributed by atoms with Gasteiger partial charge in [-0.05, 0) is 54.0 Å². The van der Waals surface area contributed by atoms with Crippen LogP contribution in [0.15, 0.2) is 58.1 Å². The van der Waals surface area contributed by atoms with Gasteiger partial charge in [-0.1, -0.05) is 36.4 Å². The summed E-state index contributed by atoms with van der Waals surface area (Å²) in [5.41, 5.74) is 0.634. The van der Waals surface area contributed by atoms with Crippen molar-refractivity contribution in [1.29, 1.82) is 0 Å². The first-order valence-corrected chi connectivity index (χ1v) is 14.8. The highest BCUT2D eigenvalue weighted by Gasteiger charge is 2.40. The lowest BCUT2D eigenvalue weighted by Gasteiger charge is -2.25. The summed E-state index contributed by atoms with van der Waals surface area (Å²) in [4.78, 5) is 47.5. The molecule has 0 spiro atoms. The molecular weight excluding hydrogens is 575 g/mol. The third kappa shape index (κ3) is 4.88. The van der Waals surface area contributed by atoms with Crippen molar-refractivity contribution in [1.82, 2.24) is 29.3 Å². The minimum absolute atomic E-state index is 0.0648. The topological polar surface area (TPSA) is 106 Å². The zero-order valence-corrected chi connectivity index (χ0v) is 24.1. The maximum Gasteiger partial charge on any atom is 0.416 e. The number of aryl methyl sites for hydroxylation is 1. The molecule has 4 aromatic rings. The smallest absolute Gasteiger partial charge is 0.351 e. The Hall–Kier alpha value is -4.39. The van der Waals surface area contributed by atoms with Crippen molar-refractivity contribution in [2.24, 2.45) is 13.0 Å². The summed E-state index contributed by atoms with van der Waals surface area (Å²) in [6, 6.07) is 12.9. The van der Waals surface area contributed by atoms with E-state index >= 15 is 0 Å². The molecule has 3 aliphatic rings. The molecule has 0 bridgehead atoms. The molecule has 2 aromatic carbocycles. The van der Waals surface area contributed by atoms with E-state index in [2.05, 4.69) is 15.5 Å². The number of benzene rings is 2. The third-order valence-electron chi connectivity index (χ3n) is 9.23. The van der Waals surface area contributed by atoms with E-state index in [1.54, 1.807) is 10.6 Å². The third-order valence-corrected chi connectivity index (χ3v) is 9.23. The molecule has 44 heavy (non-hydrogen) atoms. The SMILES string of the molecule is Cn1c(=O)n(CC(=O)NC2Cc3ccccc3C2)c(=O)c2c1nc(N1CCC3CNCC31)n2Cc1cccc(C(F)(F)F)c1. The number of anilines is 1. The Labute approximate surface area is 250 Å². The Morgan fingerprint density at radius 2 is 1.80 bits per heavy atom. The molecule has 2 unspecified atom stereocenters. The monoisotopic (exact) mass is 607 g/mol. The van der Waals surface area contributed by atoms with Gasteiger partial charge in [-0.2, -0.15) is 18.2 Å². The van der Waals surface area contributed by atoms with Gasteiger partial charge in [0.25, 0.3) is 5.56 Å². The Morgan fingerprint density at radius 1 is 1.05 bits per heavy atom. The van der Waals surface area contributed by atoms with Crippen LogP contribution >= 0.6 is 0 Å². The normalized spacial score (nSPS) is 20.0. The van der Waals surface area contributed by atoms with Gasteiger partial charge in [0.05, 0.1) is 12.1 Å². The number of rotatable bonds is 6. The lowest BCUT2D eigenvalue weighted by Crippen LogP contribution is -2.45. The fourth-order valence-corrected chi connectivity index (χ4v) is 7.07. The van der Waals surface area contributed by atoms with Crippen LogP contribution in [0.4, 0.5) is 19.1 Å². The lowest BCUT2D eigenvalue weighted by atomic mass is 10.1. The molecule has 10 nitrogen and oxygen atoms in total. The number of nitrogens with one attached hydrogen (secondary N) is 2. The minimum atomic E-state index is -4.53. The number of amides is 1. The number of fused-ring (bicyclic) bond motifs is 3. The van der Waals surface area contributed by atoms with Crippen LogP contribution in [0.25, 0.3) is 11.2 Å². The number of alkyl halides is 3. The number of halogens is 3. The molecule has 2 N–H and O–H groups in total. The van der Waals surface area contributed by atoms with E-state index in [-0.39, 0.29) is 29.8 Å². The van der Waals surface area contributed by atoms with Crippen molar-refractivity contribution in [3.63, 3.8) is 0 Å². The van der Waals surface area contributed by atoms with E-state index in [4.69, 9.17) is 4.98 Å². The highest BCUT2D eigenvalue weighted by molar-refractivity contribution is 5.78. The molecule has 1 aliphatic carbocycles. The first kappa shape index (κ1) is 28.4. The van der Waals surface area contributed by atoms with Crippen LogP contribution in [-0.2, 0) is 43.9 Å². The van der Waals surface area contributed by atoms with Crippen LogP contribution in [0.5, 0.6) is 0 Å². The predicted octanol–water partition coefficient (Wildman–Crippen LogP) is 2.05. The predicted molar refractivity (Wildman–Crippen MR) is 158 cm³/mol. The molecule has 7 rings (SSSR count). The second-order valence-electron chi connectivity index (χ2n) is 12.0. The van der Waals surface area contributed by atoms with E-state index < -0.39 is 35.4 Å². The van der Waals surface area contributed by atoms with Crippen LogP contribution in [0.3, 0.4) is 0 Å². The molecule has 13 heteroatoms. The molecule has 1 amide bonds. The number of hydrogen-bond acceptors (Lipinski definition) is 6. The molecule has 4 heterocycles. The number of aromatic nitrogens is 4. The van der Waals surface area contributed by atoms with E-state index in [0.29, 0.717) is 43.4 Å². The molecule has 0 saturated carbocycles. The molecule has 2 aromatic heterocycles. The van der Waals surface area contributed by atoms with Gasteiger partial charge in [0.15, 0.2) is 11.2 Å². The summed E-state index contributed by atoms with van der Waals surface area (Å²) < 4.78 is 44.4. The van der Waals surface area contributed by atoms with Crippen LogP contribution in [0.1, 0.15) is 28.7 Å². The minimum Gasteiger partial charge on any atom is -0.351 e. The maximum absolute atomic E-state index is 14.0. The van der Waals surface area contributed by atoms with Gasteiger partial charge in [-0.25, -0.2) is 9.36 Å². The Balaban J connectivity index is 1.28. The summed E-state index contributed by atoms with van der Waals surface area (Å²) in [7, 11) is 1.49. The average molecular weight is 608 g/mol. The highest BCUT2D eigenvalue weighted by atomic mass is 19.4. The zero-order valence-electron chi connectivity index (χ0n) is 24.1. The molecule has 2 fully saturated rings. The van der Waals surface area contributed by atoms with E-state index in [0.717, 1.165) is 40.8 Å². The van der Waals surface area contributed by atoms with Crippen molar-refractivity contribution in [2.45, 2.75) is 50.6 Å². The van der Waals surface area contributed by atoms with Gasteiger partial charge in [0.1, 0.15) is 6.54 Å². The van der Waals surface area contributed by atoms with Crippen LogP contribution < -0.4 is 26.8 Å². The molecule has 0 radical (unpaired) electrons. The highest BCUT2D eigenvalue weighted by Crippen LogP contribution is 2.34. The first-order valence-electron chi connectivity index (χ1n) is 14.8. The van der Waals surface area contributed by atoms with Gasteiger partial charge < -0.3 is 15.5 Å². The number of nitrogens with zero attached hydrogens (tertiary/aromatic N) is 5. The molecular formula is C31H32F3N7O3. The number of imidazole rings is 1. The number of carbonyl (C=O) groups excluding carboxylic acids is 1. The van der Waals surface area contributed by atoms with E-state index in [1.165, 1.54) is 17.7 Å². The van der Waals surface area contributed by atoms with Crippen LogP contribution in [0.2, 0.25) is 0 Å². The lowest BCUT2D eigenvalue weighted by molar-refractivity contribution is -0.137. The molecule has 230 valence electrons. The maximum atomic E-state index is 14.0. The van der Waals surface area contributed by atoms with Gasteiger partial charge in [0.2, 0.25) is 11.9 Å². The van der Waals surface area contributed by atoms with Crippen molar-refractivity contribution in [3.05, 3.63) is 91.6 Å².